The van der Waals surface area contributed by atoms with Gasteiger partial charge in [-0.1, -0.05) is 22.9 Å². The van der Waals surface area contributed by atoms with E-state index in [-0.39, 0.29) is 11.6 Å². The molecule has 0 aliphatic rings. The number of hydrogen-bond donors (Lipinski definition) is 1. The van der Waals surface area contributed by atoms with E-state index in [0.29, 0.717) is 17.1 Å². The Morgan fingerprint density at radius 1 is 1.14 bits per heavy atom. The quantitative estimate of drug-likeness (QED) is 0.825. The van der Waals surface area contributed by atoms with E-state index in [0.717, 1.165) is 12.5 Å². The lowest BCUT2D eigenvalue weighted by atomic mass is 10.3. The molecule has 0 spiro atoms. The van der Waals surface area contributed by atoms with Crippen molar-refractivity contribution in [2.75, 3.05) is 11.9 Å². The van der Waals surface area contributed by atoms with Crippen molar-refractivity contribution in [1.82, 2.24) is 4.98 Å². The lowest BCUT2D eigenvalue weighted by molar-refractivity contribution is 0.415. The third-order valence-corrected chi connectivity index (χ3v) is 2.95. The zero-order chi connectivity index (χ0) is 15.4. The van der Waals surface area contributed by atoms with Crippen molar-refractivity contribution >= 4 is 21.7 Å². The fourth-order valence-electron chi connectivity index (χ4n) is 1.59. The van der Waals surface area contributed by atoms with Gasteiger partial charge in [-0.05, 0) is 18.6 Å². The van der Waals surface area contributed by atoms with Crippen LogP contribution in [0.1, 0.15) is 13.3 Å². The molecule has 0 aliphatic heterocycles. The van der Waals surface area contributed by atoms with Gasteiger partial charge in [-0.15, -0.1) is 0 Å². The molecule has 0 atom stereocenters. The Bertz CT molecular complexity index is 632. The van der Waals surface area contributed by atoms with E-state index >= 15 is 0 Å². The Hall–Kier alpha value is -1.76. The van der Waals surface area contributed by atoms with Gasteiger partial charge in [0.15, 0.2) is 17.5 Å². The number of nitrogens with one attached hydrogen (secondary N) is 1. The van der Waals surface area contributed by atoms with E-state index in [4.69, 9.17) is 4.74 Å². The van der Waals surface area contributed by atoms with Crippen LogP contribution >= 0.6 is 15.9 Å². The Morgan fingerprint density at radius 3 is 2.57 bits per heavy atom. The SMILES string of the molecule is CCCNc1nc(Oc2cc(F)cc(Br)c2)c(F)cc1F. The van der Waals surface area contributed by atoms with E-state index in [1.807, 2.05) is 6.92 Å². The maximum atomic E-state index is 13.7. The van der Waals surface area contributed by atoms with Gasteiger partial charge in [0.25, 0.3) is 5.88 Å². The van der Waals surface area contributed by atoms with Crippen LogP contribution in [0.2, 0.25) is 0 Å². The first-order valence-corrected chi connectivity index (χ1v) is 7.02. The summed E-state index contributed by atoms with van der Waals surface area (Å²) in [6, 6.07) is 4.44. The molecule has 0 fully saturated rings. The van der Waals surface area contributed by atoms with Gasteiger partial charge in [0.05, 0.1) is 0 Å². The molecule has 7 heteroatoms. The monoisotopic (exact) mass is 360 g/mol. The standard InChI is InChI=1S/C14H12BrF3N2O/c1-2-3-19-13-11(17)7-12(18)14(20-13)21-10-5-8(15)4-9(16)6-10/h4-7H,2-3H2,1H3,(H,19,20). The number of anilines is 1. The van der Waals surface area contributed by atoms with Gasteiger partial charge < -0.3 is 10.1 Å². The highest BCUT2D eigenvalue weighted by Crippen LogP contribution is 2.28. The maximum absolute atomic E-state index is 13.7. The second-order valence-electron chi connectivity index (χ2n) is 4.24. The molecule has 0 radical (unpaired) electrons. The van der Waals surface area contributed by atoms with E-state index < -0.39 is 23.3 Å². The van der Waals surface area contributed by atoms with Crippen molar-refractivity contribution in [1.29, 1.82) is 0 Å². The van der Waals surface area contributed by atoms with Crippen LogP contribution < -0.4 is 10.1 Å². The summed E-state index contributed by atoms with van der Waals surface area (Å²) >= 11 is 3.10. The highest BCUT2D eigenvalue weighted by molar-refractivity contribution is 9.10. The van der Waals surface area contributed by atoms with Crippen molar-refractivity contribution in [2.24, 2.45) is 0 Å². The number of hydrogen-bond acceptors (Lipinski definition) is 3. The number of benzene rings is 1. The number of pyridine rings is 1. The number of aromatic nitrogens is 1. The molecule has 0 unspecified atom stereocenters. The summed E-state index contributed by atoms with van der Waals surface area (Å²) in [5.41, 5.74) is 0. The van der Waals surface area contributed by atoms with Gasteiger partial charge in [-0.25, -0.2) is 13.2 Å². The van der Waals surface area contributed by atoms with Crippen LogP contribution in [-0.4, -0.2) is 11.5 Å². The Balaban J connectivity index is 2.30. The number of ether oxygens (including phenoxy) is 1. The maximum Gasteiger partial charge on any atom is 0.258 e. The summed E-state index contributed by atoms with van der Waals surface area (Å²) in [5, 5.41) is 2.72. The minimum absolute atomic E-state index is 0.0568. The average Bonchev–Trinajstić information content (AvgIpc) is 2.39. The summed E-state index contributed by atoms with van der Waals surface area (Å²) in [5.74, 6) is -2.80. The molecule has 1 aromatic carbocycles. The lowest BCUT2D eigenvalue weighted by Gasteiger charge is -2.10. The average molecular weight is 361 g/mol. The van der Waals surface area contributed by atoms with Gasteiger partial charge in [-0.3, -0.25) is 0 Å². The topological polar surface area (TPSA) is 34.2 Å². The van der Waals surface area contributed by atoms with E-state index in [9.17, 15) is 13.2 Å². The largest absolute Gasteiger partial charge is 0.436 e. The first-order valence-electron chi connectivity index (χ1n) is 6.23. The van der Waals surface area contributed by atoms with Crippen molar-refractivity contribution in [3.63, 3.8) is 0 Å². The second-order valence-corrected chi connectivity index (χ2v) is 5.16. The van der Waals surface area contributed by atoms with Crippen LogP contribution in [0.5, 0.6) is 11.6 Å². The minimum atomic E-state index is -0.963. The number of halogens is 4. The Labute approximate surface area is 128 Å². The van der Waals surface area contributed by atoms with E-state index in [1.54, 1.807) is 0 Å². The van der Waals surface area contributed by atoms with Crippen LogP contribution in [0.25, 0.3) is 0 Å². The zero-order valence-electron chi connectivity index (χ0n) is 11.1. The highest BCUT2D eigenvalue weighted by atomic mass is 79.9. The van der Waals surface area contributed by atoms with Crippen LogP contribution in [0.3, 0.4) is 0 Å². The Kier molecular flexibility index (Phi) is 5.06. The van der Waals surface area contributed by atoms with E-state index in [2.05, 4.69) is 26.2 Å². The molecule has 0 saturated carbocycles. The second kappa shape index (κ2) is 6.80. The normalized spacial score (nSPS) is 10.5. The van der Waals surface area contributed by atoms with Gasteiger partial charge >= 0.3 is 0 Å². The fourth-order valence-corrected chi connectivity index (χ4v) is 2.03. The fraction of sp³-hybridized carbons (Fsp3) is 0.214. The molecule has 0 saturated heterocycles. The molecular weight excluding hydrogens is 349 g/mol. The number of rotatable bonds is 5. The zero-order valence-corrected chi connectivity index (χ0v) is 12.7. The predicted molar refractivity (Wildman–Crippen MR) is 77.1 cm³/mol. The highest BCUT2D eigenvalue weighted by Gasteiger charge is 2.14. The van der Waals surface area contributed by atoms with Crippen LogP contribution in [0.4, 0.5) is 19.0 Å². The van der Waals surface area contributed by atoms with E-state index in [1.165, 1.54) is 12.1 Å². The summed E-state index contributed by atoms with van der Waals surface area (Å²) in [7, 11) is 0. The lowest BCUT2D eigenvalue weighted by Crippen LogP contribution is -2.06. The van der Waals surface area contributed by atoms with Crippen molar-refractivity contribution in [2.45, 2.75) is 13.3 Å². The molecule has 0 amide bonds. The third-order valence-electron chi connectivity index (χ3n) is 2.49. The number of nitrogens with zero attached hydrogens (tertiary/aromatic N) is 1. The molecule has 2 aromatic rings. The summed E-state index contributed by atoms with van der Waals surface area (Å²) in [6.07, 6.45) is 0.755. The van der Waals surface area contributed by atoms with Gasteiger partial charge in [-0.2, -0.15) is 4.98 Å². The predicted octanol–water partition coefficient (Wildman–Crippen LogP) is 4.88. The molecular formula is C14H12BrF3N2O. The molecule has 1 N–H and O–H groups in total. The summed E-state index contributed by atoms with van der Waals surface area (Å²) in [6.45, 7) is 2.39. The molecule has 2 rings (SSSR count). The smallest absolute Gasteiger partial charge is 0.258 e. The first-order chi connectivity index (χ1) is 9.99. The van der Waals surface area contributed by atoms with Crippen molar-refractivity contribution in [3.05, 3.63) is 46.2 Å². The Morgan fingerprint density at radius 2 is 1.90 bits per heavy atom. The molecule has 21 heavy (non-hydrogen) atoms. The van der Waals surface area contributed by atoms with Crippen LogP contribution in [0, 0.1) is 17.5 Å². The minimum Gasteiger partial charge on any atom is -0.436 e. The molecule has 0 bridgehead atoms. The van der Waals surface area contributed by atoms with Gasteiger partial charge in [0.1, 0.15) is 11.6 Å². The first kappa shape index (κ1) is 15.6. The van der Waals surface area contributed by atoms with Crippen molar-refractivity contribution < 1.29 is 17.9 Å². The van der Waals surface area contributed by atoms with Crippen LogP contribution in [-0.2, 0) is 0 Å². The summed E-state index contributed by atoms with van der Waals surface area (Å²) < 4.78 is 46.1. The molecule has 0 aliphatic carbocycles. The molecule has 1 aromatic heterocycles. The van der Waals surface area contributed by atoms with Crippen LogP contribution in [0.15, 0.2) is 28.7 Å². The third kappa shape index (κ3) is 4.10. The summed E-state index contributed by atoms with van der Waals surface area (Å²) in [4.78, 5) is 3.74. The van der Waals surface area contributed by atoms with Gasteiger partial charge in [0.2, 0.25) is 0 Å². The van der Waals surface area contributed by atoms with Crippen molar-refractivity contribution in [3.8, 4) is 11.6 Å². The molecule has 3 nitrogen and oxygen atoms in total. The van der Waals surface area contributed by atoms with Gasteiger partial charge in [0, 0.05) is 23.2 Å². The molecule has 1 heterocycles. The molecule has 112 valence electrons.